The molecule has 0 saturated carbocycles. The maximum Gasteiger partial charge on any atom is 0.472 e. The summed E-state index contributed by atoms with van der Waals surface area (Å²) < 4.78 is 33.1. The lowest BCUT2D eigenvalue weighted by Gasteiger charge is -2.19. The van der Waals surface area contributed by atoms with Crippen LogP contribution in [-0.4, -0.2) is 49.3 Å². The maximum absolute atomic E-state index is 12.7. The minimum Gasteiger partial charge on any atom is -0.462 e. The van der Waals surface area contributed by atoms with E-state index in [0.29, 0.717) is 6.42 Å². The van der Waals surface area contributed by atoms with Gasteiger partial charge in [0.2, 0.25) is 0 Å². The molecule has 0 heterocycles. The SMILES string of the molecule is CCCCCCC/C=C\C/C=C\C/C=C\CCCCCCCCCCC(=O)OC(COC(=O)CCCCCCCCCCCCCCCCCCCCCCCCCCC/C=C\CCCCCCCCCC)COP(=O)(O)OCCN. The number of phosphoric acid groups is 1. The van der Waals surface area contributed by atoms with Gasteiger partial charge in [0.25, 0.3) is 0 Å². The maximum atomic E-state index is 12.7. The quantitative estimate of drug-likeness (QED) is 0.0264. The molecule has 2 unspecified atom stereocenters. The van der Waals surface area contributed by atoms with Crippen molar-refractivity contribution in [2.45, 2.75) is 367 Å². The molecule has 0 fully saturated rings. The molecule has 476 valence electrons. The Morgan fingerprint density at radius 3 is 0.963 bits per heavy atom. The van der Waals surface area contributed by atoms with Gasteiger partial charge in [-0.2, -0.15) is 0 Å². The summed E-state index contributed by atoms with van der Waals surface area (Å²) in [5.74, 6) is -0.820. The molecule has 10 heteroatoms. The molecule has 3 N–H and O–H groups in total. The third kappa shape index (κ3) is 67.0. The highest BCUT2D eigenvalue weighted by atomic mass is 31.2. The number of nitrogens with two attached hydrogens (primary N) is 1. The molecule has 81 heavy (non-hydrogen) atoms. The van der Waals surface area contributed by atoms with Crippen LogP contribution in [0.2, 0.25) is 0 Å². The topological polar surface area (TPSA) is 134 Å². The van der Waals surface area contributed by atoms with E-state index in [9.17, 15) is 19.0 Å². The first-order chi connectivity index (χ1) is 39.8. The van der Waals surface area contributed by atoms with Crippen LogP contribution < -0.4 is 5.73 Å². The zero-order chi connectivity index (χ0) is 58.7. The smallest absolute Gasteiger partial charge is 0.462 e. The number of rotatable bonds is 67. The van der Waals surface area contributed by atoms with Crippen molar-refractivity contribution in [1.82, 2.24) is 0 Å². The predicted molar refractivity (Wildman–Crippen MR) is 349 cm³/mol. The van der Waals surface area contributed by atoms with Crippen LogP contribution in [0.3, 0.4) is 0 Å². The monoisotopic (exact) mass is 1160 g/mol. The molecule has 0 aromatic carbocycles. The van der Waals surface area contributed by atoms with E-state index in [1.54, 1.807) is 0 Å². The van der Waals surface area contributed by atoms with E-state index in [1.807, 2.05) is 0 Å². The summed E-state index contributed by atoms with van der Waals surface area (Å²) in [4.78, 5) is 35.3. The molecule has 0 saturated heterocycles. The van der Waals surface area contributed by atoms with E-state index in [1.165, 1.54) is 270 Å². The van der Waals surface area contributed by atoms with Crippen LogP contribution in [0.15, 0.2) is 48.6 Å². The van der Waals surface area contributed by atoms with Crippen LogP contribution in [0.1, 0.15) is 361 Å². The first-order valence-corrected chi connectivity index (χ1v) is 36.6. The molecule has 0 aromatic heterocycles. The fourth-order valence-electron chi connectivity index (χ4n) is 10.5. The van der Waals surface area contributed by atoms with Crippen molar-refractivity contribution in [3.63, 3.8) is 0 Å². The second kappa shape index (κ2) is 67.1. The lowest BCUT2D eigenvalue weighted by molar-refractivity contribution is -0.161. The van der Waals surface area contributed by atoms with Crippen molar-refractivity contribution >= 4 is 19.8 Å². The molecule has 0 bridgehead atoms. The zero-order valence-corrected chi connectivity index (χ0v) is 54.4. The van der Waals surface area contributed by atoms with Crippen molar-refractivity contribution < 1.29 is 37.6 Å². The number of hydrogen-bond donors (Lipinski definition) is 2. The summed E-state index contributed by atoms with van der Waals surface area (Å²) in [6, 6.07) is 0. The Kier molecular flexibility index (Phi) is 65.4. The Balaban J connectivity index is 3.80. The number of ether oxygens (including phenoxy) is 2. The first kappa shape index (κ1) is 79.0. The van der Waals surface area contributed by atoms with Crippen molar-refractivity contribution in [3.05, 3.63) is 48.6 Å². The minimum absolute atomic E-state index is 0.0525. The van der Waals surface area contributed by atoms with Crippen molar-refractivity contribution in [3.8, 4) is 0 Å². The molecule has 0 aromatic rings. The number of allylic oxidation sites excluding steroid dienone is 8. The Bertz CT molecular complexity index is 1470. The van der Waals surface area contributed by atoms with E-state index in [4.69, 9.17) is 24.3 Å². The van der Waals surface area contributed by atoms with Crippen LogP contribution in [0.4, 0.5) is 0 Å². The Morgan fingerprint density at radius 2 is 0.642 bits per heavy atom. The third-order valence-electron chi connectivity index (χ3n) is 15.7. The van der Waals surface area contributed by atoms with Gasteiger partial charge in [-0.05, 0) is 77.0 Å². The van der Waals surface area contributed by atoms with Crippen LogP contribution in [0.25, 0.3) is 0 Å². The molecular formula is C71H134NO8P. The number of carbonyl (C=O) groups excluding carboxylic acids is 2. The highest BCUT2D eigenvalue weighted by Gasteiger charge is 2.26. The zero-order valence-electron chi connectivity index (χ0n) is 53.5. The standard InChI is InChI=1S/C71H134NO8P/c1-3-5-7-9-11-13-15-17-19-21-23-25-27-28-29-30-31-32-33-34-35-36-37-38-39-40-42-43-45-47-49-51-53-55-57-59-61-63-70(73)77-67-69(68-79-81(75,76)78-66-65-72)80-71(74)64-62-60-58-56-54-52-50-48-46-44-41-26-24-22-20-18-16-14-12-10-8-6-4-2/h16,18,21-24,41,44,69H,3-15,17,19-20,25-40,42-43,45-68,72H2,1-2H3,(H,75,76)/b18-16-,23-21-,24-22-,44-41-. The fourth-order valence-corrected chi connectivity index (χ4v) is 11.2. The highest BCUT2D eigenvalue weighted by molar-refractivity contribution is 7.47. The second-order valence-corrected chi connectivity index (χ2v) is 25.2. The molecule has 0 aliphatic rings. The summed E-state index contributed by atoms with van der Waals surface area (Å²) in [6.07, 6.45) is 85.0. The van der Waals surface area contributed by atoms with Gasteiger partial charge in [0, 0.05) is 19.4 Å². The van der Waals surface area contributed by atoms with Crippen LogP contribution in [0, 0.1) is 0 Å². The van der Waals surface area contributed by atoms with Gasteiger partial charge in [-0.25, -0.2) is 4.57 Å². The molecular weight excluding hydrogens is 1030 g/mol. The summed E-state index contributed by atoms with van der Waals surface area (Å²) >= 11 is 0. The largest absolute Gasteiger partial charge is 0.472 e. The predicted octanol–water partition coefficient (Wildman–Crippen LogP) is 22.9. The average molecular weight is 1160 g/mol. The lowest BCUT2D eigenvalue weighted by Crippen LogP contribution is -2.29. The summed E-state index contributed by atoms with van der Waals surface area (Å²) in [5, 5.41) is 0. The summed E-state index contributed by atoms with van der Waals surface area (Å²) in [5.41, 5.74) is 5.40. The number of esters is 2. The molecule has 2 atom stereocenters. The molecule has 0 aliphatic carbocycles. The number of phosphoric ester groups is 1. The van der Waals surface area contributed by atoms with E-state index >= 15 is 0 Å². The van der Waals surface area contributed by atoms with Gasteiger partial charge in [0.1, 0.15) is 6.61 Å². The molecule has 0 radical (unpaired) electrons. The molecule has 0 spiro atoms. The lowest BCUT2D eigenvalue weighted by atomic mass is 10.0. The molecule has 0 amide bonds. The summed E-state index contributed by atoms with van der Waals surface area (Å²) in [7, 11) is -4.39. The molecule has 9 nitrogen and oxygen atoms in total. The first-order valence-electron chi connectivity index (χ1n) is 35.1. The van der Waals surface area contributed by atoms with Gasteiger partial charge in [-0.1, -0.05) is 319 Å². The van der Waals surface area contributed by atoms with Gasteiger partial charge in [-0.3, -0.25) is 18.6 Å². The normalized spacial score (nSPS) is 13.2. The van der Waals surface area contributed by atoms with E-state index < -0.39 is 26.5 Å². The van der Waals surface area contributed by atoms with Crippen molar-refractivity contribution in [2.24, 2.45) is 5.73 Å². The van der Waals surface area contributed by atoms with E-state index in [0.717, 1.165) is 57.8 Å². The van der Waals surface area contributed by atoms with Crippen LogP contribution in [-0.2, 0) is 32.7 Å². The molecule has 0 aliphatic heterocycles. The highest BCUT2D eigenvalue weighted by Crippen LogP contribution is 2.43. The van der Waals surface area contributed by atoms with Crippen molar-refractivity contribution in [2.75, 3.05) is 26.4 Å². The number of carbonyl (C=O) groups is 2. The number of unbranched alkanes of at least 4 members (excludes halogenated alkanes) is 46. The Hall–Kier alpha value is -2.03. The Labute approximate surface area is 502 Å². The summed E-state index contributed by atoms with van der Waals surface area (Å²) in [6.45, 7) is 3.78. The van der Waals surface area contributed by atoms with Gasteiger partial charge in [0.05, 0.1) is 13.2 Å². The minimum atomic E-state index is -4.39. The number of hydrogen-bond acceptors (Lipinski definition) is 8. The van der Waals surface area contributed by atoms with E-state index in [-0.39, 0.29) is 38.6 Å². The fraction of sp³-hybridized carbons (Fsp3) is 0.859. The van der Waals surface area contributed by atoms with Crippen LogP contribution >= 0.6 is 7.82 Å². The molecule has 0 rings (SSSR count). The van der Waals surface area contributed by atoms with Gasteiger partial charge < -0.3 is 20.1 Å². The van der Waals surface area contributed by atoms with Gasteiger partial charge >= 0.3 is 19.8 Å². The second-order valence-electron chi connectivity index (χ2n) is 23.7. The van der Waals surface area contributed by atoms with Gasteiger partial charge in [-0.15, -0.1) is 0 Å². The van der Waals surface area contributed by atoms with Gasteiger partial charge in [0.15, 0.2) is 6.10 Å². The van der Waals surface area contributed by atoms with E-state index in [2.05, 4.69) is 62.5 Å². The van der Waals surface area contributed by atoms with Crippen LogP contribution in [0.5, 0.6) is 0 Å². The Morgan fingerprint density at radius 1 is 0.370 bits per heavy atom. The van der Waals surface area contributed by atoms with Crippen molar-refractivity contribution in [1.29, 1.82) is 0 Å². The average Bonchev–Trinajstić information content (AvgIpc) is 3.46. The third-order valence-corrected chi connectivity index (χ3v) is 16.7.